The summed E-state index contributed by atoms with van der Waals surface area (Å²) in [6, 6.07) is 0. The second-order valence-electron chi connectivity index (χ2n) is 3.58. The minimum absolute atomic E-state index is 1.10. The molecule has 0 bridgehead atoms. The zero-order chi connectivity index (χ0) is 43.6. The average molecular weight is 758 g/mol. The molecule has 0 aromatic carbocycles. The SMILES string of the molecule is COC(=O)O.O=C(O)O.O=C(O)O.O=C(O)O.O=C(O)O.O=C(O)O.O=C(O)O.O=C(O)O.O=C(O)O.O=C(O)O.O=C(O)O.O=C(O)O. The van der Waals surface area contributed by atoms with Gasteiger partial charge in [0.25, 0.3) is 0 Å². The van der Waals surface area contributed by atoms with Crippen molar-refractivity contribution in [1.82, 2.24) is 0 Å². The van der Waals surface area contributed by atoms with E-state index in [2.05, 4.69) is 4.74 Å². The van der Waals surface area contributed by atoms with Crippen LogP contribution in [0, 0.1) is 0 Å². The fraction of sp³-hybridized carbons (Fsp3) is 0.0769. The van der Waals surface area contributed by atoms with Gasteiger partial charge >= 0.3 is 73.9 Å². The summed E-state index contributed by atoms with van der Waals surface area (Å²) in [7, 11) is 1.10. The largest absolute Gasteiger partial charge is 0.505 e. The molecule has 0 rings (SSSR count). The van der Waals surface area contributed by atoms with Crippen molar-refractivity contribution in [3.8, 4) is 0 Å². The molecule has 0 aliphatic rings. The third-order valence-electron chi connectivity index (χ3n) is 0.175. The van der Waals surface area contributed by atoms with Crippen LogP contribution in [0.5, 0.6) is 0 Å². The molecule has 0 unspecified atom stereocenters. The van der Waals surface area contributed by atoms with Crippen LogP contribution >= 0.6 is 0 Å². The number of hydrogen-bond donors (Lipinski definition) is 23. The molecule has 0 aliphatic heterocycles. The summed E-state index contributed by atoms with van der Waals surface area (Å²) < 4.78 is 3.67. The fourth-order valence-corrected chi connectivity index (χ4v) is 0. The number of methoxy groups -OCH3 is 1. The third kappa shape index (κ3) is 1190. The molecular formula is C13H26O36. The second kappa shape index (κ2) is 72.0. The monoisotopic (exact) mass is 758 g/mol. The Kier molecular flexibility index (Phi) is 114. The summed E-state index contributed by atoms with van der Waals surface area (Å²) in [5.41, 5.74) is 0. The Hall–Kier alpha value is -8.76. The van der Waals surface area contributed by atoms with Crippen LogP contribution in [0.4, 0.5) is 57.5 Å². The van der Waals surface area contributed by atoms with E-state index in [1.807, 2.05) is 0 Å². The highest BCUT2D eigenvalue weighted by Crippen LogP contribution is 1.60. The van der Waals surface area contributed by atoms with Crippen molar-refractivity contribution >= 4 is 73.9 Å². The predicted octanol–water partition coefficient (Wildman–Crippen LogP) is 2.76. The highest BCUT2D eigenvalue weighted by atomic mass is 16.7. The quantitative estimate of drug-likeness (QED) is 0.158. The Labute approximate surface area is 262 Å². The Balaban J connectivity index is -0.0000000305. The van der Waals surface area contributed by atoms with Crippen molar-refractivity contribution < 1.29 is 180 Å². The molecule has 294 valence electrons. The standard InChI is InChI=1S/C2H4O3.11CH2O3/c1-5-2(3)4;11*2-1(3)4/h1H3,(H,3,4);11*(H2,2,3,4). The molecule has 0 amide bonds. The third-order valence-corrected chi connectivity index (χ3v) is 0.175. The van der Waals surface area contributed by atoms with E-state index in [0.29, 0.717) is 0 Å². The minimum Gasteiger partial charge on any atom is -0.450 e. The van der Waals surface area contributed by atoms with E-state index in [0.717, 1.165) is 7.11 Å². The molecule has 0 aromatic heterocycles. The number of hydrogen-bond acceptors (Lipinski definition) is 13. The lowest BCUT2D eigenvalue weighted by Gasteiger charge is -1.79. The molecular weight excluding hydrogens is 732 g/mol. The Morgan fingerprint density at radius 1 is 0.224 bits per heavy atom. The lowest BCUT2D eigenvalue weighted by molar-refractivity contribution is 0.113. The van der Waals surface area contributed by atoms with Crippen LogP contribution in [0.15, 0.2) is 0 Å². The molecule has 49 heavy (non-hydrogen) atoms. The van der Waals surface area contributed by atoms with E-state index in [1.54, 1.807) is 0 Å². The van der Waals surface area contributed by atoms with Gasteiger partial charge in [0.05, 0.1) is 7.11 Å². The van der Waals surface area contributed by atoms with Gasteiger partial charge in [-0.05, 0) is 0 Å². The predicted molar refractivity (Wildman–Crippen MR) is 132 cm³/mol. The Morgan fingerprint density at radius 3 is 0.245 bits per heavy atom. The van der Waals surface area contributed by atoms with E-state index < -0.39 is 73.9 Å². The maximum Gasteiger partial charge on any atom is 0.505 e. The van der Waals surface area contributed by atoms with Gasteiger partial charge in [0.15, 0.2) is 0 Å². The van der Waals surface area contributed by atoms with Crippen molar-refractivity contribution in [2.45, 2.75) is 0 Å². The summed E-state index contributed by atoms with van der Waals surface area (Å²) in [5.74, 6) is 0. The van der Waals surface area contributed by atoms with Gasteiger partial charge in [0.2, 0.25) is 0 Å². The number of carbonyl (C=O) groups is 12. The van der Waals surface area contributed by atoms with Crippen LogP contribution in [0.25, 0.3) is 0 Å². The molecule has 0 aliphatic carbocycles. The summed E-state index contributed by atoms with van der Waals surface area (Å²) in [4.78, 5) is 103. The Morgan fingerprint density at radius 2 is 0.245 bits per heavy atom. The average Bonchev–Trinajstić information content (AvgIpc) is 2.69. The summed E-state index contributed by atoms with van der Waals surface area (Å²) in [6.07, 6.45) is -21.4. The van der Waals surface area contributed by atoms with Gasteiger partial charge in [0, 0.05) is 0 Å². The molecule has 36 nitrogen and oxygen atoms in total. The van der Waals surface area contributed by atoms with Gasteiger partial charge in [0.1, 0.15) is 0 Å². The zero-order valence-electron chi connectivity index (χ0n) is 22.6. The molecule has 0 fully saturated rings. The highest BCUT2D eigenvalue weighted by molar-refractivity contribution is 5.56. The summed E-state index contributed by atoms with van der Waals surface area (Å²) >= 11 is 0. The van der Waals surface area contributed by atoms with Crippen LogP contribution in [0.2, 0.25) is 0 Å². The van der Waals surface area contributed by atoms with Crippen LogP contribution in [0.1, 0.15) is 0 Å². The molecule has 0 spiro atoms. The topological polar surface area (TPSA) is 679 Å². The lowest BCUT2D eigenvalue weighted by atomic mass is 11.4. The second-order valence-corrected chi connectivity index (χ2v) is 3.58. The smallest absolute Gasteiger partial charge is 0.450 e. The minimum atomic E-state index is -1.83. The first-order valence-corrected chi connectivity index (χ1v) is 8.20. The molecule has 36 heteroatoms. The fourth-order valence-electron chi connectivity index (χ4n) is 0. The number of rotatable bonds is 0. The van der Waals surface area contributed by atoms with E-state index >= 15 is 0 Å². The number of carboxylic acid groups (broad SMARTS) is 23. The molecule has 0 saturated heterocycles. The molecule has 0 saturated carbocycles. The normalized spacial score (nSPS) is 6.06. The van der Waals surface area contributed by atoms with Gasteiger partial charge in [-0.3, -0.25) is 0 Å². The van der Waals surface area contributed by atoms with Crippen LogP contribution < -0.4 is 0 Å². The molecule has 0 aromatic rings. The van der Waals surface area contributed by atoms with Crippen LogP contribution in [-0.2, 0) is 4.74 Å². The maximum absolute atomic E-state index is 9.15. The molecule has 0 atom stereocenters. The van der Waals surface area contributed by atoms with E-state index in [4.69, 9.17) is 175 Å². The van der Waals surface area contributed by atoms with Crippen LogP contribution in [0.3, 0.4) is 0 Å². The van der Waals surface area contributed by atoms with Crippen molar-refractivity contribution in [2.24, 2.45) is 0 Å². The summed E-state index contributed by atoms with van der Waals surface area (Å²) in [6.45, 7) is 0. The van der Waals surface area contributed by atoms with E-state index in [1.165, 1.54) is 0 Å². The van der Waals surface area contributed by atoms with Gasteiger partial charge in [-0.15, -0.1) is 0 Å². The lowest BCUT2D eigenvalue weighted by Crippen LogP contribution is -1.91. The summed E-state index contributed by atoms with van der Waals surface area (Å²) in [5, 5.41) is 161. The molecule has 0 radical (unpaired) electrons. The van der Waals surface area contributed by atoms with Crippen molar-refractivity contribution in [2.75, 3.05) is 7.11 Å². The Bertz CT molecular complexity index is 624. The van der Waals surface area contributed by atoms with Gasteiger partial charge in [-0.1, -0.05) is 0 Å². The van der Waals surface area contributed by atoms with E-state index in [-0.39, 0.29) is 0 Å². The molecule has 23 N–H and O–H groups in total. The van der Waals surface area contributed by atoms with Gasteiger partial charge < -0.3 is 122 Å². The highest BCUT2D eigenvalue weighted by Gasteiger charge is 1.81. The number of ether oxygens (including phenoxy) is 1. The first-order chi connectivity index (χ1) is 21.3. The van der Waals surface area contributed by atoms with E-state index in [9.17, 15) is 0 Å². The van der Waals surface area contributed by atoms with Crippen LogP contribution in [-0.4, -0.2) is 198 Å². The first-order valence-electron chi connectivity index (χ1n) is 8.20. The van der Waals surface area contributed by atoms with Crippen molar-refractivity contribution in [3.05, 3.63) is 0 Å². The zero-order valence-corrected chi connectivity index (χ0v) is 22.6. The molecule has 0 heterocycles. The van der Waals surface area contributed by atoms with Crippen molar-refractivity contribution in [3.63, 3.8) is 0 Å². The van der Waals surface area contributed by atoms with Gasteiger partial charge in [-0.2, -0.15) is 0 Å². The maximum atomic E-state index is 9.15. The van der Waals surface area contributed by atoms with Gasteiger partial charge in [-0.25, -0.2) is 57.5 Å². The first kappa shape index (κ1) is 77.7. The van der Waals surface area contributed by atoms with Crippen molar-refractivity contribution in [1.29, 1.82) is 0 Å².